The SMILES string of the molecule is [CH]1CN=CNC1. The molecule has 0 bridgehead atoms. The summed E-state index contributed by atoms with van der Waals surface area (Å²) in [6.45, 7) is 1.86. The van der Waals surface area contributed by atoms with Crippen molar-refractivity contribution >= 4 is 6.34 Å². The molecule has 0 fully saturated rings. The van der Waals surface area contributed by atoms with Gasteiger partial charge in [0.25, 0.3) is 0 Å². The van der Waals surface area contributed by atoms with Gasteiger partial charge >= 0.3 is 0 Å². The van der Waals surface area contributed by atoms with Crippen LogP contribution in [0.15, 0.2) is 4.99 Å². The van der Waals surface area contributed by atoms with Crippen LogP contribution in [0.1, 0.15) is 0 Å². The number of hydrogen-bond donors (Lipinski definition) is 1. The predicted molar refractivity (Wildman–Crippen MR) is 25.7 cm³/mol. The lowest BCUT2D eigenvalue weighted by Gasteiger charge is -2.01. The molecule has 0 saturated heterocycles. The van der Waals surface area contributed by atoms with E-state index in [1.807, 2.05) is 0 Å². The van der Waals surface area contributed by atoms with Crippen molar-refractivity contribution < 1.29 is 0 Å². The van der Waals surface area contributed by atoms with E-state index in [-0.39, 0.29) is 0 Å². The van der Waals surface area contributed by atoms with Crippen molar-refractivity contribution in [3.8, 4) is 0 Å². The van der Waals surface area contributed by atoms with Crippen molar-refractivity contribution in [2.24, 2.45) is 4.99 Å². The van der Waals surface area contributed by atoms with Gasteiger partial charge in [0.2, 0.25) is 0 Å². The van der Waals surface area contributed by atoms with Crippen LogP contribution in [0.25, 0.3) is 0 Å². The summed E-state index contributed by atoms with van der Waals surface area (Å²) in [6, 6.07) is 0. The maximum atomic E-state index is 3.89. The minimum absolute atomic E-state index is 0.882. The van der Waals surface area contributed by atoms with Crippen molar-refractivity contribution in [3.05, 3.63) is 6.42 Å². The van der Waals surface area contributed by atoms with Gasteiger partial charge in [0.15, 0.2) is 0 Å². The molecule has 1 heterocycles. The van der Waals surface area contributed by atoms with Crippen molar-refractivity contribution in [1.82, 2.24) is 5.32 Å². The summed E-state index contributed by atoms with van der Waals surface area (Å²) in [4.78, 5) is 3.89. The van der Waals surface area contributed by atoms with E-state index in [0.29, 0.717) is 0 Å². The zero-order valence-corrected chi connectivity index (χ0v) is 3.52. The van der Waals surface area contributed by atoms with Gasteiger partial charge in [0.05, 0.1) is 6.34 Å². The molecule has 0 aliphatic carbocycles. The summed E-state index contributed by atoms with van der Waals surface area (Å²) < 4.78 is 0. The van der Waals surface area contributed by atoms with Crippen LogP contribution < -0.4 is 5.32 Å². The molecule has 1 radical (unpaired) electrons. The van der Waals surface area contributed by atoms with E-state index >= 15 is 0 Å². The number of nitrogens with one attached hydrogen (secondary N) is 1. The molecule has 0 saturated carbocycles. The quantitative estimate of drug-likeness (QED) is 0.431. The average molecular weight is 83.1 g/mol. The fraction of sp³-hybridized carbons (Fsp3) is 0.500. The van der Waals surface area contributed by atoms with Crippen LogP contribution in [0.4, 0.5) is 0 Å². The number of rotatable bonds is 0. The second kappa shape index (κ2) is 1.80. The van der Waals surface area contributed by atoms with Gasteiger partial charge in [-0.3, -0.25) is 4.99 Å². The molecule has 1 rings (SSSR count). The zero-order chi connectivity index (χ0) is 4.24. The minimum Gasteiger partial charge on any atom is -0.376 e. The van der Waals surface area contributed by atoms with E-state index in [9.17, 15) is 0 Å². The summed E-state index contributed by atoms with van der Waals surface area (Å²) in [5.41, 5.74) is 0. The third kappa shape index (κ3) is 0.708. The largest absolute Gasteiger partial charge is 0.376 e. The molecule has 0 unspecified atom stereocenters. The van der Waals surface area contributed by atoms with E-state index in [2.05, 4.69) is 16.7 Å². The van der Waals surface area contributed by atoms with Gasteiger partial charge in [-0.1, -0.05) is 0 Å². The maximum Gasteiger partial charge on any atom is 0.0824 e. The second-order valence-electron chi connectivity index (χ2n) is 1.19. The van der Waals surface area contributed by atoms with Crippen LogP contribution in [0.3, 0.4) is 0 Å². The third-order valence-corrected chi connectivity index (χ3v) is 0.679. The van der Waals surface area contributed by atoms with Crippen LogP contribution >= 0.6 is 0 Å². The molecule has 6 heavy (non-hydrogen) atoms. The Hall–Kier alpha value is -0.530. The number of aliphatic imine (C=N–C) groups is 1. The normalized spacial score (nSPS) is 20.0. The van der Waals surface area contributed by atoms with Gasteiger partial charge in [0.1, 0.15) is 0 Å². The molecule has 0 aromatic heterocycles. The maximum absolute atomic E-state index is 3.89. The topological polar surface area (TPSA) is 24.4 Å². The zero-order valence-electron chi connectivity index (χ0n) is 3.52. The monoisotopic (exact) mass is 83.1 g/mol. The minimum atomic E-state index is 0.882. The first-order chi connectivity index (χ1) is 3.00. The van der Waals surface area contributed by atoms with Crippen molar-refractivity contribution in [1.29, 1.82) is 0 Å². The van der Waals surface area contributed by atoms with Crippen molar-refractivity contribution in [2.75, 3.05) is 13.1 Å². The molecule has 0 amide bonds. The Labute approximate surface area is 37.3 Å². The van der Waals surface area contributed by atoms with Gasteiger partial charge in [-0.05, 0) is 0 Å². The Balaban J connectivity index is 2.26. The molecule has 33 valence electrons. The van der Waals surface area contributed by atoms with Gasteiger partial charge in [0, 0.05) is 19.5 Å². The molecule has 0 aromatic carbocycles. The Morgan fingerprint density at radius 2 is 2.67 bits per heavy atom. The van der Waals surface area contributed by atoms with E-state index in [4.69, 9.17) is 0 Å². The fourth-order valence-corrected chi connectivity index (χ4v) is 0.392. The molecular formula is C4H7N2. The first kappa shape index (κ1) is 3.65. The summed E-state index contributed by atoms with van der Waals surface area (Å²) in [7, 11) is 0. The lowest BCUT2D eigenvalue weighted by Crippen LogP contribution is -2.18. The molecule has 0 aromatic rings. The standard InChI is InChI=1S/C4H7N2/c1-2-5-4-6-3-1/h1,4H,2-3H2,(H,5,6). The first-order valence-corrected chi connectivity index (χ1v) is 2.03. The lowest BCUT2D eigenvalue weighted by molar-refractivity contribution is 0.902. The van der Waals surface area contributed by atoms with E-state index in [1.54, 1.807) is 6.34 Å². The number of hydrogen-bond acceptors (Lipinski definition) is 2. The van der Waals surface area contributed by atoms with Crippen LogP contribution in [0, 0.1) is 6.42 Å². The molecule has 1 N–H and O–H groups in total. The van der Waals surface area contributed by atoms with Crippen LogP contribution in [-0.4, -0.2) is 19.4 Å². The summed E-state index contributed by atoms with van der Waals surface area (Å²) in [6.07, 6.45) is 3.82. The Bertz CT molecular complexity index is 50.6. The smallest absolute Gasteiger partial charge is 0.0824 e. The van der Waals surface area contributed by atoms with Crippen molar-refractivity contribution in [3.63, 3.8) is 0 Å². The second-order valence-corrected chi connectivity index (χ2v) is 1.19. The molecular weight excluding hydrogens is 76.1 g/mol. The summed E-state index contributed by atoms with van der Waals surface area (Å²) in [5, 5.41) is 2.94. The van der Waals surface area contributed by atoms with Crippen LogP contribution in [0.2, 0.25) is 0 Å². The summed E-state index contributed by atoms with van der Waals surface area (Å²) >= 11 is 0. The predicted octanol–water partition coefficient (Wildman–Crippen LogP) is -0.178. The molecule has 2 nitrogen and oxygen atoms in total. The fourth-order valence-electron chi connectivity index (χ4n) is 0.392. The highest BCUT2D eigenvalue weighted by Crippen LogP contribution is 1.78. The van der Waals surface area contributed by atoms with Gasteiger partial charge in [-0.25, -0.2) is 0 Å². The van der Waals surface area contributed by atoms with Gasteiger partial charge < -0.3 is 5.32 Å². The van der Waals surface area contributed by atoms with Gasteiger partial charge in [-0.15, -0.1) is 0 Å². The molecule has 1 aliphatic heterocycles. The summed E-state index contributed by atoms with van der Waals surface area (Å²) in [5.74, 6) is 0. The van der Waals surface area contributed by atoms with Crippen LogP contribution in [0.5, 0.6) is 0 Å². The highest BCUT2D eigenvalue weighted by atomic mass is 15.0. The van der Waals surface area contributed by atoms with E-state index in [1.165, 1.54) is 0 Å². The molecule has 0 spiro atoms. The average Bonchev–Trinajstić information content (AvgIpc) is 1.72. The highest BCUT2D eigenvalue weighted by molar-refractivity contribution is 5.55. The molecule has 1 aliphatic rings. The Morgan fingerprint density at radius 3 is 2.83 bits per heavy atom. The van der Waals surface area contributed by atoms with Crippen LogP contribution in [-0.2, 0) is 0 Å². The lowest BCUT2D eigenvalue weighted by atomic mass is 10.4. The Morgan fingerprint density at radius 1 is 1.67 bits per heavy atom. The third-order valence-electron chi connectivity index (χ3n) is 0.679. The Kier molecular flexibility index (Phi) is 1.10. The number of nitrogens with zero attached hydrogens (tertiary/aromatic N) is 1. The van der Waals surface area contributed by atoms with Crippen molar-refractivity contribution in [2.45, 2.75) is 0 Å². The molecule has 2 heteroatoms. The van der Waals surface area contributed by atoms with Gasteiger partial charge in [-0.2, -0.15) is 0 Å². The first-order valence-electron chi connectivity index (χ1n) is 2.03. The molecule has 0 atom stereocenters. The van der Waals surface area contributed by atoms with E-state index < -0.39 is 0 Å². The highest BCUT2D eigenvalue weighted by Gasteiger charge is 1.86. The van der Waals surface area contributed by atoms with E-state index in [0.717, 1.165) is 13.1 Å².